The molecule has 0 spiro atoms. The van der Waals surface area contributed by atoms with Crippen LogP contribution in [0.4, 0.5) is 4.79 Å². The van der Waals surface area contributed by atoms with Crippen molar-refractivity contribution in [1.29, 1.82) is 0 Å². The van der Waals surface area contributed by atoms with Crippen LogP contribution in [0.2, 0.25) is 0 Å². The van der Waals surface area contributed by atoms with Gasteiger partial charge in [0.1, 0.15) is 0 Å². The first-order valence-corrected chi connectivity index (χ1v) is 4.93. The van der Waals surface area contributed by atoms with Gasteiger partial charge in [0.05, 0.1) is 6.61 Å². The zero-order valence-corrected chi connectivity index (χ0v) is 9.03. The van der Waals surface area contributed by atoms with Crippen LogP contribution in [0.15, 0.2) is 24.3 Å². The second kappa shape index (κ2) is 5.75. The SMILES string of the molecule is CCOC(=O)NCc1ccccc1C(N)=O. The molecule has 2 amide bonds. The number of primary amides is 1. The Kier molecular flexibility index (Phi) is 4.32. The van der Waals surface area contributed by atoms with Crippen LogP contribution in [0, 0.1) is 0 Å². The van der Waals surface area contributed by atoms with Crippen molar-refractivity contribution < 1.29 is 14.3 Å². The smallest absolute Gasteiger partial charge is 0.407 e. The monoisotopic (exact) mass is 222 g/mol. The van der Waals surface area contributed by atoms with E-state index in [4.69, 9.17) is 10.5 Å². The van der Waals surface area contributed by atoms with Crippen molar-refractivity contribution in [3.8, 4) is 0 Å². The summed E-state index contributed by atoms with van der Waals surface area (Å²) in [5, 5.41) is 2.53. The first kappa shape index (κ1) is 12.0. The Balaban J connectivity index is 2.66. The van der Waals surface area contributed by atoms with Crippen molar-refractivity contribution in [3.05, 3.63) is 35.4 Å². The molecule has 3 N–H and O–H groups in total. The number of carbonyl (C=O) groups is 2. The lowest BCUT2D eigenvalue weighted by molar-refractivity contribution is 0.0998. The number of hydrogen-bond donors (Lipinski definition) is 2. The zero-order chi connectivity index (χ0) is 12.0. The molecule has 0 atom stereocenters. The van der Waals surface area contributed by atoms with E-state index in [1.54, 1.807) is 31.2 Å². The van der Waals surface area contributed by atoms with Gasteiger partial charge in [0.15, 0.2) is 0 Å². The van der Waals surface area contributed by atoms with Crippen molar-refractivity contribution in [2.24, 2.45) is 5.73 Å². The number of nitrogens with two attached hydrogens (primary N) is 1. The molecule has 0 radical (unpaired) electrons. The highest BCUT2D eigenvalue weighted by Gasteiger charge is 2.08. The van der Waals surface area contributed by atoms with Crippen LogP contribution < -0.4 is 11.1 Å². The molecule has 0 aromatic heterocycles. The third kappa shape index (κ3) is 3.27. The highest BCUT2D eigenvalue weighted by molar-refractivity contribution is 5.94. The average molecular weight is 222 g/mol. The number of carbonyl (C=O) groups excluding carboxylic acids is 2. The normalized spacial score (nSPS) is 9.56. The number of ether oxygens (including phenoxy) is 1. The minimum absolute atomic E-state index is 0.220. The molecule has 1 aromatic rings. The molecule has 5 heteroatoms. The first-order valence-electron chi connectivity index (χ1n) is 4.93. The van der Waals surface area contributed by atoms with Crippen LogP contribution in [0.25, 0.3) is 0 Å². The van der Waals surface area contributed by atoms with E-state index in [0.717, 1.165) is 0 Å². The summed E-state index contributed by atoms with van der Waals surface area (Å²) in [5.74, 6) is -0.513. The number of benzene rings is 1. The minimum Gasteiger partial charge on any atom is -0.450 e. The topological polar surface area (TPSA) is 81.4 Å². The van der Waals surface area contributed by atoms with Gasteiger partial charge in [0, 0.05) is 12.1 Å². The molecular formula is C11H14N2O3. The van der Waals surface area contributed by atoms with E-state index in [1.165, 1.54) is 0 Å². The highest BCUT2D eigenvalue weighted by Crippen LogP contribution is 2.07. The van der Waals surface area contributed by atoms with Crippen molar-refractivity contribution in [2.45, 2.75) is 13.5 Å². The van der Waals surface area contributed by atoms with Crippen molar-refractivity contribution in [3.63, 3.8) is 0 Å². The number of nitrogens with one attached hydrogen (secondary N) is 1. The van der Waals surface area contributed by atoms with Crippen molar-refractivity contribution in [1.82, 2.24) is 5.32 Å². The standard InChI is InChI=1S/C11H14N2O3/c1-2-16-11(15)13-7-8-5-3-4-6-9(8)10(12)14/h3-6H,2,7H2,1H3,(H2,12,14)(H,13,15). The molecule has 0 aliphatic carbocycles. The number of alkyl carbamates (subject to hydrolysis) is 1. The molecule has 0 aliphatic heterocycles. The molecule has 0 fully saturated rings. The zero-order valence-electron chi connectivity index (χ0n) is 9.03. The van der Waals surface area contributed by atoms with Crippen molar-refractivity contribution in [2.75, 3.05) is 6.61 Å². The van der Waals surface area contributed by atoms with Crippen LogP contribution in [0.1, 0.15) is 22.8 Å². The van der Waals surface area contributed by atoms with Gasteiger partial charge in [-0.25, -0.2) is 4.79 Å². The summed E-state index contributed by atoms with van der Waals surface area (Å²) in [6, 6.07) is 6.83. The molecule has 1 aromatic carbocycles. The van der Waals surface area contributed by atoms with Crippen LogP contribution in [-0.2, 0) is 11.3 Å². The Hall–Kier alpha value is -2.04. The maximum Gasteiger partial charge on any atom is 0.407 e. The summed E-state index contributed by atoms with van der Waals surface area (Å²) >= 11 is 0. The quantitative estimate of drug-likeness (QED) is 0.798. The van der Waals surface area contributed by atoms with Gasteiger partial charge in [-0.05, 0) is 18.6 Å². The Morgan fingerprint density at radius 2 is 2.06 bits per heavy atom. The molecule has 5 nitrogen and oxygen atoms in total. The second-order valence-corrected chi connectivity index (χ2v) is 3.10. The predicted molar refractivity (Wildman–Crippen MR) is 58.8 cm³/mol. The van der Waals surface area contributed by atoms with E-state index in [-0.39, 0.29) is 6.54 Å². The van der Waals surface area contributed by atoms with Gasteiger partial charge in [0.25, 0.3) is 0 Å². The minimum atomic E-state index is -0.513. The van der Waals surface area contributed by atoms with Gasteiger partial charge in [-0.15, -0.1) is 0 Å². The summed E-state index contributed by atoms with van der Waals surface area (Å²) in [4.78, 5) is 22.1. The lowest BCUT2D eigenvalue weighted by Crippen LogP contribution is -2.25. The Morgan fingerprint density at radius 3 is 2.69 bits per heavy atom. The fourth-order valence-corrected chi connectivity index (χ4v) is 1.26. The summed E-state index contributed by atoms with van der Waals surface area (Å²) < 4.78 is 4.70. The van der Waals surface area contributed by atoms with Crippen LogP contribution in [-0.4, -0.2) is 18.6 Å². The van der Waals surface area contributed by atoms with Crippen LogP contribution >= 0.6 is 0 Å². The summed E-state index contributed by atoms with van der Waals surface area (Å²) in [7, 11) is 0. The van der Waals surface area contributed by atoms with Crippen LogP contribution in [0.3, 0.4) is 0 Å². The second-order valence-electron chi connectivity index (χ2n) is 3.10. The Labute approximate surface area is 93.6 Å². The van der Waals surface area contributed by atoms with Gasteiger partial charge in [-0.1, -0.05) is 18.2 Å². The number of amides is 2. The average Bonchev–Trinajstić information content (AvgIpc) is 2.27. The fraction of sp³-hybridized carbons (Fsp3) is 0.273. The lowest BCUT2D eigenvalue weighted by Gasteiger charge is -2.08. The van der Waals surface area contributed by atoms with E-state index in [1.807, 2.05) is 0 Å². The van der Waals surface area contributed by atoms with Gasteiger partial charge in [0.2, 0.25) is 5.91 Å². The van der Waals surface area contributed by atoms with Crippen molar-refractivity contribution >= 4 is 12.0 Å². The number of hydrogen-bond acceptors (Lipinski definition) is 3. The molecule has 86 valence electrons. The third-order valence-corrected chi connectivity index (χ3v) is 1.98. The van der Waals surface area contributed by atoms with Gasteiger partial charge in [-0.3, -0.25) is 4.79 Å². The highest BCUT2D eigenvalue weighted by atomic mass is 16.5. The molecule has 16 heavy (non-hydrogen) atoms. The first-order chi connectivity index (χ1) is 7.65. The Bertz CT molecular complexity index is 391. The van der Waals surface area contributed by atoms with E-state index >= 15 is 0 Å². The molecule has 0 saturated heterocycles. The Morgan fingerprint density at radius 1 is 1.38 bits per heavy atom. The maximum absolute atomic E-state index is 11.1. The molecular weight excluding hydrogens is 208 g/mol. The van der Waals surface area contributed by atoms with Gasteiger partial charge < -0.3 is 15.8 Å². The van der Waals surface area contributed by atoms with Gasteiger partial charge in [-0.2, -0.15) is 0 Å². The maximum atomic E-state index is 11.1. The summed E-state index contributed by atoms with van der Waals surface area (Å²) in [5.41, 5.74) is 6.27. The van der Waals surface area contributed by atoms with E-state index in [2.05, 4.69) is 5.32 Å². The third-order valence-electron chi connectivity index (χ3n) is 1.98. The van der Waals surface area contributed by atoms with Gasteiger partial charge >= 0.3 is 6.09 Å². The van der Waals surface area contributed by atoms with E-state index in [9.17, 15) is 9.59 Å². The number of rotatable bonds is 4. The molecule has 0 bridgehead atoms. The molecule has 0 unspecified atom stereocenters. The van der Waals surface area contributed by atoms with Crippen LogP contribution in [0.5, 0.6) is 0 Å². The summed E-state index contributed by atoms with van der Waals surface area (Å²) in [6.07, 6.45) is -0.512. The molecule has 0 aliphatic rings. The molecule has 0 heterocycles. The van der Waals surface area contributed by atoms with E-state index in [0.29, 0.717) is 17.7 Å². The summed E-state index contributed by atoms with van der Waals surface area (Å²) in [6.45, 7) is 2.25. The largest absolute Gasteiger partial charge is 0.450 e. The lowest BCUT2D eigenvalue weighted by atomic mass is 10.1. The van der Waals surface area contributed by atoms with E-state index < -0.39 is 12.0 Å². The fourth-order valence-electron chi connectivity index (χ4n) is 1.26. The molecule has 1 rings (SSSR count). The predicted octanol–water partition coefficient (Wildman–Crippen LogP) is 1.03. The molecule has 0 saturated carbocycles.